The van der Waals surface area contributed by atoms with Crippen LogP contribution in [-0.4, -0.2) is 35.4 Å². The van der Waals surface area contributed by atoms with Crippen LogP contribution in [0.4, 0.5) is 11.4 Å². The van der Waals surface area contributed by atoms with Crippen molar-refractivity contribution in [3.8, 4) is 0 Å². The van der Waals surface area contributed by atoms with Crippen molar-refractivity contribution in [3.05, 3.63) is 34.4 Å². The van der Waals surface area contributed by atoms with Crippen molar-refractivity contribution >= 4 is 41.7 Å². The third kappa shape index (κ3) is 3.23. The fourth-order valence-electron chi connectivity index (χ4n) is 1.80. The fraction of sp³-hybridized carbons (Fsp3) is 0.400. The van der Waals surface area contributed by atoms with Gasteiger partial charge in [-0.3, -0.25) is 10.1 Å². The number of anilines is 1. The molecule has 0 radical (unpaired) electrons. The molecule has 1 saturated heterocycles. The molecule has 0 aliphatic carbocycles. The van der Waals surface area contributed by atoms with E-state index in [2.05, 4.69) is 30.4 Å². The van der Waals surface area contributed by atoms with E-state index in [-0.39, 0.29) is 10.6 Å². The highest BCUT2D eigenvalue weighted by Crippen LogP contribution is 2.24. The van der Waals surface area contributed by atoms with Gasteiger partial charge in [-0.05, 0) is 21.3 Å². The van der Waals surface area contributed by atoms with Crippen LogP contribution >= 0.6 is 30.3 Å². The lowest BCUT2D eigenvalue weighted by atomic mass is 10.2. The summed E-state index contributed by atoms with van der Waals surface area (Å²) in [6, 6.07) is 6.78. The quantitative estimate of drug-likeness (QED) is 0.357. The maximum Gasteiger partial charge on any atom is 0.269 e. The average Bonchev–Trinajstić information content (AvgIpc) is 2.39. The van der Waals surface area contributed by atoms with Gasteiger partial charge in [0.2, 0.25) is 0 Å². The smallest absolute Gasteiger partial charge is 0.269 e. The summed E-state index contributed by atoms with van der Waals surface area (Å²) in [6.07, 6.45) is 0. The Morgan fingerprint density at radius 3 is 2.24 bits per heavy atom. The monoisotopic (exact) mass is 365 g/mol. The van der Waals surface area contributed by atoms with Crippen LogP contribution in [0.1, 0.15) is 0 Å². The van der Waals surface area contributed by atoms with Gasteiger partial charge in [0.25, 0.3) is 5.69 Å². The van der Waals surface area contributed by atoms with Crippen molar-refractivity contribution in [3.63, 3.8) is 0 Å². The molecule has 2 rings (SSSR count). The summed E-state index contributed by atoms with van der Waals surface area (Å²) in [5.74, 6) is 0. The Labute approximate surface area is 116 Å². The predicted molar refractivity (Wildman–Crippen MR) is 78.5 cm³/mol. The van der Waals surface area contributed by atoms with Crippen LogP contribution in [0.25, 0.3) is 0 Å². The van der Waals surface area contributed by atoms with Crippen molar-refractivity contribution in [2.24, 2.45) is 0 Å². The number of nitro benzene ring substituents is 1. The van der Waals surface area contributed by atoms with Crippen LogP contribution in [0.2, 0.25) is 0 Å². The van der Waals surface area contributed by atoms with Gasteiger partial charge in [0.1, 0.15) is 0 Å². The Bertz CT molecular complexity index is 393. The number of halogens is 1. The predicted octanol–water partition coefficient (Wildman–Crippen LogP) is 2.72. The number of piperazine rings is 1. The van der Waals surface area contributed by atoms with Crippen molar-refractivity contribution in [1.29, 1.82) is 0 Å². The molecule has 0 unspecified atom stereocenters. The molecule has 0 bridgehead atoms. The van der Waals surface area contributed by atoms with Gasteiger partial charge < -0.3 is 4.90 Å². The average molecular weight is 365 g/mol. The summed E-state index contributed by atoms with van der Waals surface area (Å²) in [7, 11) is 1.74. The first-order valence-electron chi connectivity index (χ1n) is 5.24. The zero-order valence-corrected chi connectivity index (χ0v) is 12.1. The number of non-ortho nitro benzene ring substituents is 1. The highest BCUT2D eigenvalue weighted by molar-refractivity contribution is 14.2. The van der Waals surface area contributed by atoms with Crippen molar-refractivity contribution in [2.75, 3.05) is 31.1 Å². The molecule has 1 aromatic carbocycles. The Hall–Kier alpha value is -0.540. The fourth-order valence-corrected chi connectivity index (χ4v) is 3.28. The van der Waals surface area contributed by atoms with Gasteiger partial charge >= 0.3 is 0 Å². The molecule has 5 nitrogen and oxygen atoms in total. The molecule has 0 amide bonds. The van der Waals surface area contributed by atoms with E-state index in [9.17, 15) is 10.1 Å². The minimum absolute atomic E-state index is 0.148. The molecule has 0 spiro atoms. The van der Waals surface area contributed by atoms with Crippen LogP contribution in [-0.2, 0) is 0 Å². The second-order valence-electron chi connectivity index (χ2n) is 3.76. The molecule has 7 heteroatoms. The van der Waals surface area contributed by atoms with Crippen molar-refractivity contribution in [1.82, 2.24) is 4.31 Å². The minimum Gasteiger partial charge on any atom is -0.369 e. The first-order chi connectivity index (χ1) is 8.20. The summed E-state index contributed by atoms with van der Waals surface area (Å²) in [5.41, 5.74) is 1.21. The first kappa shape index (κ1) is 12.9. The van der Waals surface area contributed by atoms with Crippen molar-refractivity contribution < 1.29 is 4.92 Å². The molecule has 0 aromatic heterocycles. The zero-order chi connectivity index (χ0) is 12.3. The van der Waals surface area contributed by atoms with Crippen LogP contribution < -0.4 is 4.90 Å². The van der Waals surface area contributed by atoms with E-state index in [1.54, 1.807) is 21.3 Å². The molecule has 0 N–H and O–H groups in total. The zero-order valence-electron chi connectivity index (χ0n) is 9.08. The van der Waals surface area contributed by atoms with Gasteiger partial charge in [-0.1, -0.05) is 0 Å². The highest BCUT2D eigenvalue weighted by atomic mass is 127. The second-order valence-corrected chi connectivity index (χ2v) is 5.59. The van der Waals surface area contributed by atoms with Gasteiger partial charge in [0.15, 0.2) is 0 Å². The third-order valence-electron chi connectivity index (χ3n) is 2.76. The molecule has 0 saturated carbocycles. The normalized spacial score (nSPS) is 17.1. The van der Waals surface area contributed by atoms with Gasteiger partial charge in [0, 0.05) is 65.2 Å². The SMILES string of the molecule is O=[N+]([O-])c1ccc(N2CCN(SI)CC2)cc1. The first-order valence-corrected chi connectivity index (χ1v) is 8.55. The van der Waals surface area contributed by atoms with Crippen LogP contribution in [0.5, 0.6) is 0 Å². The van der Waals surface area contributed by atoms with E-state index in [0.29, 0.717) is 0 Å². The van der Waals surface area contributed by atoms with Crippen LogP contribution in [0.15, 0.2) is 24.3 Å². The maximum atomic E-state index is 10.6. The summed E-state index contributed by atoms with van der Waals surface area (Å²) < 4.78 is 2.31. The Morgan fingerprint density at radius 2 is 1.76 bits per heavy atom. The van der Waals surface area contributed by atoms with Gasteiger partial charge in [-0.2, -0.15) is 0 Å². The van der Waals surface area contributed by atoms with E-state index in [1.165, 1.54) is 0 Å². The van der Waals surface area contributed by atoms with E-state index in [4.69, 9.17) is 0 Å². The molecule has 1 heterocycles. The molecular formula is C10H12IN3O2S. The number of hydrogen-bond acceptors (Lipinski definition) is 5. The van der Waals surface area contributed by atoms with Gasteiger partial charge in [-0.25, -0.2) is 4.31 Å². The highest BCUT2D eigenvalue weighted by Gasteiger charge is 2.17. The Balaban J connectivity index is 2.01. The van der Waals surface area contributed by atoms with Crippen LogP contribution in [0, 0.1) is 10.1 Å². The maximum absolute atomic E-state index is 10.6. The number of nitrogens with zero attached hydrogens (tertiary/aromatic N) is 3. The van der Waals surface area contributed by atoms with E-state index in [1.807, 2.05) is 12.1 Å². The molecular weight excluding hydrogens is 353 g/mol. The summed E-state index contributed by atoms with van der Waals surface area (Å²) in [6.45, 7) is 3.97. The topological polar surface area (TPSA) is 49.6 Å². The number of rotatable bonds is 3. The standard InChI is InChI=1S/C10H12IN3O2S/c11-17-13-7-5-12(6-8-13)9-1-3-10(4-2-9)14(15)16/h1-4H,5-8H2. The number of nitro groups is 1. The summed E-state index contributed by atoms with van der Waals surface area (Å²) >= 11 is 2.29. The molecule has 92 valence electrons. The van der Waals surface area contributed by atoms with Crippen molar-refractivity contribution in [2.45, 2.75) is 0 Å². The minimum atomic E-state index is -0.367. The molecule has 1 fully saturated rings. The lowest BCUT2D eigenvalue weighted by Gasteiger charge is -2.34. The lowest BCUT2D eigenvalue weighted by Crippen LogP contribution is -2.42. The largest absolute Gasteiger partial charge is 0.369 e. The molecule has 1 aliphatic rings. The van der Waals surface area contributed by atoms with Crippen LogP contribution in [0.3, 0.4) is 0 Å². The summed E-state index contributed by atoms with van der Waals surface area (Å²) in [4.78, 5) is 12.4. The van der Waals surface area contributed by atoms with Gasteiger partial charge in [0.05, 0.1) is 4.92 Å². The Morgan fingerprint density at radius 1 is 1.18 bits per heavy atom. The second kappa shape index (κ2) is 5.87. The van der Waals surface area contributed by atoms with Gasteiger partial charge in [-0.15, -0.1) is 0 Å². The molecule has 1 aliphatic heterocycles. The summed E-state index contributed by atoms with van der Waals surface area (Å²) in [5, 5.41) is 10.6. The van der Waals surface area contributed by atoms with E-state index >= 15 is 0 Å². The molecule has 1 aromatic rings. The molecule has 0 atom stereocenters. The third-order valence-corrected chi connectivity index (χ3v) is 4.99. The molecule has 17 heavy (non-hydrogen) atoms. The van der Waals surface area contributed by atoms with E-state index in [0.717, 1.165) is 31.9 Å². The van der Waals surface area contributed by atoms with E-state index < -0.39 is 0 Å². The number of benzene rings is 1. The Kier molecular flexibility index (Phi) is 4.46. The number of hydrogen-bond donors (Lipinski definition) is 0. The lowest BCUT2D eigenvalue weighted by molar-refractivity contribution is -0.384.